The van der Waals surface area contributed by atoms with Crippen molar-refractivity contribution in [1.29, 1.82) is 0 Å². The van der Waals surface area contributed by atoms with Crippen LogP contribution in [0.3, 0.4) is 0 Å². The van der Waals surface area contributed by atoms with Crippen molar-refractivity contribution in [3.8, 4) is 0 Å². The molecule has 0 unspecified atom stereocenters. The molecule has 2 aliphatic rings. The predicted octanol–water partition coefficient (Wildman–Crippen LogP) is 2.42. The van der Waals surface area contributed by atoms with E-state index in [0.29, 0.717) is 47.9 Å². The number of nitrogens with one attached hydrogen (secondary N) is 6. The molecule has 0 aliphatic carbocycles. The third kappa shape index (κ3) is 12.0. The molecule has 8 bridgehead atoms. The topological polar surface area (TPSA) is 280 Å². The van der Waals surface area contributed by atoms with Crippen LogP contribution in [0, 0.1) is 13.8 Å². The number of aromatic nitrogens is 6. The van der Waals surface area contributed by atoms with Crippen LogP contribution < -0.4 is 31.9 Å². The van der Waals surface area contributed by atoms with E-state index in [1.807, 2.05) is 58.0 Å². The number of carboxylic acid groups (broad SMARTS) is 2. The second kappa shape index (κ2) is 21.1. The van der Waals surface area contributed by atoms with Crippen molar-refractivity contribution < 1.29 is 51.3 Å². The van der Waals surface area contributed by atoms with Crippen LogP contribution in [0.1, 0.15) is 105 Å². The first-order valence-electron chi connectivity index (χ1n) is 20.7. The van der Waals surface area contributed by atoms with Crippen LogP contribution in [-0.4, -0.2) is 84.2 Å². The summed E-state index contributed by atoms with van der Waals surface area (Å²) in [7, 11) is 0. The van der Waals surface area contributed by atoms with Crippen molar-refractivity contribution in [1.82, 2.24) is 45.9 Å². The van der Waals surface area contributed by atoms with Crippen LogP contribution >= 0.6 is 0 Å². The fraction of sp³-hybridized carbons (Fsp3) is 0.378. The summed E-state index contributed by atoms with van der Waals surface area (Å²) in [5.74, 6) is -4.47. The standard InChI is InChI=1S/C45H54N10O7.Fe/c1-23-14-29-17-36-25(3)31(38(52-36)20-39-32(10-12-42(57)58)26(4)37(53-39)19-35-24(2)15-28(51-35)16-34(23)50-29)9-11-41(56)49-27(5)43(59)55-40(18-30-21-47-22-48-30)44(60)54-33(45(61)62)8-6-7-13-46;/h14-17,19-22,27,33,40,50-51H,6-13,18,46H2,1-5H3,(H,47,48)(H,49,56)(H,54,60)(H,55,59)(H,57,58)(H,61,62);/q;+2/p-2/t27-,33-,40-;/m0./s1. The fourth-order valence-corrected chi connectivity index (χ4v) is 7.61. The number of imidazole rings is 1. The largest absolute Gasteiger partial charge is 2.00 e. The molecule has 3 atom stereocenters. The van der Waals surface area contributed by atoms with Gasteiger partial charge in [-0.25, -0.2) is 15.0 Å². The van der Waals surface area contributed by atoms with Gasteiger partial charge in [0.1, 0.15) is 12.1 Å². The Morgan fingerprint density at radius 2 is 1.30 bits per heavy atom. The molecule has 6 heterocycles. The average molecular weight is 901 g/mol. The quantitative estimate of drug-likeness (QED) is 0.0563. The molecule has 0 saturated heterocycles. The molecule has 0 aromatic carbocycles. The van der Waals surface area contributed by atoms with Gasteiger partial charge in [-0.2, -0.15) is 0 Å². The van der Waals surface area contributed by atoms with Gasteiger partial charge < -0.3 is 56.4 Å². The molecule has 18 heteroatoms. The molecule has 0 fully saturated rings. The SMILES string of the molecule is CC1=C(CCC(=O)[O-])c2cc3nc(cc4cc(C)c(cc5cc(C)c(cc1n2)[nH]5)[nH]4)C(C)=C3CCC(=O)N[C@@H](C)C(=O)N[C@@H](Cc1cnc[nH]1)C(=O)N[C@@H](CCCCN)C(=O)[O-].[Fe+2]. The molecule has 332 valence electrons. The number of hydrogen-bond donors (Lipinski definition) is 7. The number of hydrogen-bond acceptors (Lipinski definition) is 11. The molecule has 0 radical (unpaired) electrons. The molecular weight excluding hydrogens is 848 g/mol. The van der Waals surface area contributed by atoms with E-state index in [4.69, 9.17) is 15.7 Å². The maximum Gasteiger partial charge on any atom is 2.00 e. The van der Waals surface area contributed by atoms with Crippen LogP contribution in [0.5, 0.6) is 0 Å². The second-order valence-corrected chi connectivity index (χ2v) is 15.9. The number of nitrogens with zero attached hydrogens (tertiary/aromatic N) is 3. The van der Waals surface area contributed by atoms with Crippen LogP contribution in [0.4, 0.5) is 0 Å². The molecule has 2 aliphatic heterocycles. The summed E-state index contributed by atoms with van der Waals surface area (Å²) < 4.78 is 0. The molecule has 0 saturated carbocycles. The molecule has 4 aromatic heterocycles. The van der Waals surface area contributed by atoms with Crippen molar-refractivity contribution in [2.24, 2.45) is 5.73 Å². The third-order valence-electron chi connectivity index (χ3n) is 11.2. The van der Waals surface area contributed by atoms with E-state index in [-0.39, 0.29) is 55.6 Å². The van der Waals surface area contributed by atoms with Gasteiger partial charge in [0.05, 0.1) is 41.1 Å². The first-order chi connectivity index (χ1) is 29.6. The van der Waals surface area contributed by atoms with Gasteiger partial charge in [0.2, 0.25) is 17.7 Å². The Morgan fingerprint density at radius 3 is 1.89 bits per heavy atom. The van der Waals surface area contributed by atoms with Crippen molar-refractivity contribution in [3.63, 3.8) is 0 Å². The summed E-state index contributed by atoms with van der Waals surface area (Å²) in [6.07, 6.45) is 4.19. The van der Waals surface area contributed by atoms with Gasteiger partial charge in [-0.05, 0) is 150 Å². The molecule has 8 N–H and O–H groups in total. The third-order valence-corrected chi connectivity index (χ3v) is 11.2. The summed E-state index contributed by atoms with van der Waals surface area (Å²) in [6, 6.07) is 8.28. The smallest absolute Gasteiger partial charge is 0.550 e. The number of amides is 3. The second-order valence-electron chi connectivity index (χ2n) is 15.9. The van der Waals surface area contributed by atoms with Gasteiger partial charge in [-0.15, -0.1) is 0 Å². The first kappa shape index (κ1) is 47.7. The zero-order valence-electron chi connectivity index (χ0n) is 35.8. The van der Waals surface area contributed by atoms with Gasteiger partial charge in [-0.1, -0.05) is 0 Å². The first-order valence-corrected chi connectivity index (χ1v) is 20.7. The number of carbonyl (C=O) groups is 5. The minimum atomic E-state index is -1.46. The van der Waals surface area contributed by atoms with Crippen LogP contribution in [0.15, 0.2) is 48.9 Å². The number of carbonyl (C=O) groups excluding carboxylic acids is 5. The summed E-state index contributed by atoms with van der Waals surface area (Å²) in [4.78, 5) is 87.6. The zero-order valence-corrected chi connectivity index (χ0v) is 36.9. The summed E-state index contributed by atoms with van der Waals surface area (Å²) in [6.45, 7) is 9.71. The van der Waals surface area contributed by atoms with Crippen molar-refractivity contribution in [2.75, 3.05) is 6.54 Å². The minimum absolute atomic E-state index is 0. The van der Waals surface area contributed by atoms with Gasteiger partial charge in [-0.3, -0.25) is 14.4 Å². The predicted molar refractivity (Wildman–Crippen MR) is 231 cm³/mol. The summed E-state index contributed by atoms with van der Waals surface area (Å²) in [5.41, 5.74) is 17.3. The molecule has 6 rings (SSSR count). The van der Waals surface area contributed by atoms with Crippen LogP contribution in [-0.2, 0) is 47.5 Å². The molecule has 3 amide bonds. The van der Waals surface area contributed by atoms with E-state index < -0.39 is 47.8 Å². The molecule has 63 heavy (non-hydrogen) atoms. The molecular formula is C45H52FeN10O7. The van der Waals surface area contributed by atoms with E-state index in [0.717, 1.165) is 55.5 Å². The summed E-state index contributed by atoms with van der Waals surface area (Å²) in [5, 5.41) is 31.3. The number of carboxylic acids is 2. The van der Waals surface area contributed by atoms with E-state index in [1.165, 1.54) is 19.4 Å². The Labute approximate surface area is 374 Å². The van der Waals surface area contributed by atoms with Crippen LogP contribution in [0.25, 0.3) is 44.4 Å². The van der Waals surface area contributed by atoms with Gasteiger partial charge in [0.25, 0.3) is 0 Å². The summed E-state index contributed by atoms with van der Waals surface area (Å²) >= 11 is 0. The van der Waals surface area contributed by atoms with E-state index in [9.17, 15) is 34.2 Å². The van der Waals surface area contributed by atoms with Gasteiger partial charge >= 0.3 is 17.1 Å². The number of H-pyrrole nitrogens is 3. The number of aryl methyl sites for hydroxylation is 2. The van der Waals surface area contributed by atoms with Crippen molar-refractivity contribution in [3.05, 3.63) is 88.5 Å². The van der Waals surface area contributed by atoms with Crippen molar-refractivity contribution >= 4 is 74.0 Å². The monoisotopic (exact) mass is 900 g/mol. The normalized spacial score (nSPS) is 13.8. The Hall–Kier alpha value is -6.36. The fourth-order valence-electron chi connectivity index (χ4n) is 7.61. The van der Waals surface area contributed by atoms with Gasteiger partial charge in [0, 0.05) is 52.8 Å². The number of aromatic amines is 3. The Morgan fingerprint density at radius 1 is 0.714 bits per heavy atom. The number of fused-ring (bicyclic) bond motifs is 8. The Balaban J connectivity index is 0.00000748. The maximum atomic E-state index is 13.5. The Bertz CT molecular complexity index is 2610. The zero-order chi connectivity index (χ0) is 44.7. The number of unbranched alkanes of at least 4 members (excludes halogenated alkanes) is 1. The minimum Gasteiger partial charge on any atom is -0.550 e. The average Bonchev–Trinajstić information content (AvgIpc) is 4.04. The maximum absolute atomic E-state index is 13.5. The number of rotatable bonds is 18. The number of nitrogens with two attached hydrogens (primary N) is 1. The van der Waals surface area contributed by atoms with Gasteiger partial charge in [0.15, 0.2) is 0 Å². The van der Waals surface area contributed by atoms with E-state index in [2.05, 4.69) is 42.0 Å². The molecule has 17 nitrogen and oxygen atoms in total. The number of allylic oxidation sites excluding steroid dienone is 4. The number of aliphatic carboxylic acids is 2. The van der Waals surface area contributed by atoms with E-state index in [1.54, 1.807) is 0 Å². The van der Waals surface area contributed by atoms with Crippen LogP contribution in [0.2, 0.25) is 0 Å². The molecule has 0 spiro atoms. The molecule has 4 aromatic rings. The van der Waals surface area contributed by atoms with E-state index >= 15 is 0 Å². The Kier molecular flexibility index (Phi) is 16.0. The van der Waals surface area contributed by atoms with Crippen molar-refractivity contribution in [2.45, 2.75) is 104 Å².